The molecule has 1 saturated heterocycles. The molecule has 5 rings (SSSR count). The Morgan fingerprint density at radius 2 is 1.85 bits per heavy atom. The number of rotatable bonds is 6. The summed E-state index contributed by atoms with van der Waals surface area (Å²) in [6, 6.07) is 18.1. The molecule has 6 nitrogen and oxygen atoms in total. The Labute approximate surface area is 212 Å². The molecule has 0 amide bonds. The molecule has 1 aliphatic rings. The lowest BCUT2D eigenvalue weighted by atomic mass is 9.97. The zero-order valence-electron chi connectivity index (χ0n) is 18.8. The van der Waals surface area contributed by atoms with E-state index in [0.717, 1.165) is 52.4 Å². The Morgan fingerprint density at radius 3 is 2.56 bits per heavy atom. The molecule has 0 N–H and O–H groups in total. The van der Waals surface area contributed by atoms with Gasteiger partial charge in [0.15, 0.2) is 5.82 Å². The molecule has 0 aliphatic carbocycles. The summed E-state index contributed by atoms with van der Waals surface area (Å²) < 4.78 is 10.8. The standard InChI is InChI=1S/C25H25ClN4O2S2/c1-2-32-24(31)17-12-14-28(15-13-17)16-29-25(33)30(18-8-4-3-5-9-18)23(27-29)22-21(26)19-10-6-7-11-20(19)34-22/h3-11,17H,2,12-16H2,1H3. The van der Waals surface area contributed by atoms with Crippen LogP contribution in [-0.2, 0) is 16.2 Å². The molecule has 2 aromatic heterocycles. The summed E-state index contributed by atoms with van der Waals surface area (Å²) in [6.07, 6.45) is 1.56. The Kier molecular flexibility index (Phi) is 6.83. The zero-order valence-corrected chi connectivity index (χ0v) is 21.2. The summed E-state index contributed by atoms with van der Waals surface area (Å²) in [6.45, 7) is 4.42. The average Bonchev–Trinajstić information content (AvgIpc) is 3.37. The van der Waals surface area contributed by atoms with Crippen molar-refractivity contribution in [2.45, 2.75) is 26.4 Å². The SMILES string of the molecule is CCOC(=O)C1CCN(Cn2nc(-c3sc4ccccc4c3Cl)n(-c3ccccc3)c2=S)CC1. The normalized spacial score (nSPS) is 15.1. The van der Waals surface area contributed by atoms with Crippen LogP contribution in [0.15, 0.2) is 54.6 Å². The number of carbonyl (C=O) groups is 1. The van der Waals surface area contributed by atoms with E-state index in [9.17, 15) is 4.79 Å². The molecule has 0 saturated carbocycles. The number of hydrogen-bond acceptors (Lipinski definition) is 6. The minimum Gasteiger partial charge on any atom is -0.466 e. The fraction of sp³-hybridized carbons (Fsp3) is 0.320. The van der Waals surface area contributed by atoms with Gasteiger partial charge in [-0.3, -0.25) is 14.3 Å². The van der Waals surface area contributed by atoms with Crippen LogP contribution in [0.25, 0.3) is 26.5 Å². The second-order valence-electron chi connectivity index (χ2n) is 8.30. The van der Waals surface area contributed by atoms with E-state index in [1.54, 1.807) is 11.3 Å². The first-order valence-electron chi connectivity index (χ1n) is 11.4. The van der Waals surface area contributed by atoms with Crippen molar-refractivity contribution in [3.05, 3.63) is 64.4 Å². The summed E-state index contributed by atoms with van der Waals surface area (Å²) in [5.41, 5.74) is 0.947. The lowest BCUT2D eigenvalue weighted by Gasteiger charge is -2.30. The molecule has 176 valence electrons. The van der Waals surface area contributed by atoms with E-state index < -0.39 is 0 Å². The van der Waals surface area contributed by atoms with E-state index in [4.69, 9.17) is 33.7 Å². The number of esters is 1. The highest BCUT2D eigenvalue weighted by Crippen LogP contribution is 2.42. The van der Waals surface area contributed by atoms with E-state index in [1.807, 2.05) is 64.7 Å². The van der Waals surface area contributed by atoms with Crippen LogP contribution in [0.4, 0.5) is 0 Å². The molecule has 0 bridgehead atoms. The third kappa shape index (κ3) is 4.43. The Balaban J connectivity index is 1.49. The molecule has 0 spiro atoms. The minimum atomic E-state index is -0.0891. The van der Waals surface area contributed by atoms with Gasteiger partial charge >= 0.3 is 5.97 Å². The molecule has 1 fully saturated rings. The van der Waals surface area contributed by atoms with Gasteiger partial charge in [0.25, 0.3) is 0 Å². The van der Waals surface area contributed by atoms with E-state index >= 15 is 0 Å². The van der Waals surface area contributed by atoms with E-state index in [2.05, 4.69) is 11.0 Å². The van der Waals surface area contributed by atoms with Gasteiger partial charge in [0.1, 0.15) is 0 Å². The van der Waals surface area contributed by atoms with Gasteiger partial charge in [0.2, 0.25) is 4.77 Å². The second-order valence-corrected chi connectivity index (χ2v) is 10.1. The number of benzene rings is 2. The first kappa shape index (κ1) is 23.2. The number of hydrogen-bond donors (Lipinski definition) is 0. The molecule has 9 heteroatoms. The smallest absolute Gasteiger partial charge is 0.309 e. The van der Waals surface area contributed by atoms with Gasteiger partial charge in [-0.1, -0.05) is 48.0 Å². The van der Waals surface area contributed by atoms with Crippen molar-refractivity contribution < 1.29 is 9.53 Å². The lowest BCUT2D eigenvalue weighted by Crippen LogP contribution is -2.38. The van der Waals surface area contributed by atoms with Gasteiger partial charge < -0.3 is 4.74 Å². The molecule has 1 aliphatic heterocycles. The van der Waals surface area contributed by atoms with Crippen LogP contribution >= 0.6 is 35.2 Å². The minimum absolute atomic E-state index is 0.0287. The van der Waals surface area contributed by atoms with Crippen LogP contribution in [0.1, 0.15) is 19.8 Å². The van der Waals surface area contributed by atoms with Crippen LogP contribution in [0.5, 0.6) is 0 Å². The van der Waals surface area contributed by atoms with Crippen LogP contribution in [0, 0.1) is 10.7 Å². The van der Waals surface area contributed by atoms with Crippen molar-refractivity contribution in [3.8, 4) is 16.4 Å². The van der Waals surface area contributed by atoms with Crippen LogP contribution in [0.3, 0.4) is 0 Å². The fourth-order valence-electron chi connectivity index (χ4n) is 4.37. The first-order valence-corrected chi connectivity index (χ1v) is 13.0. The fourth-order valence-corrected chi connectivity index (χ4v) is 6.16. The highest BCUT2D eigenvalue weighted by Gasteiger charge is 2.27. The number of halogens is 1. The Hall–Kier alpha value is -2.52. The summed E-state index contributed by atoms with van der Waals surface area (Å²) in [4.78, 5) is 15.3. The van der Waals surface area contributed by atoms with Gasteiger partial charge in [-0.15, -0.1) is 16.4 Å². The van der Waals surface area contributed by atoms with Crippen molar-refractivity contribution in [2.75, 3.05) is 19.7 Å². The van der Waals surface area contributed by atoms with E-state index in [-0.39, 0.29) is 11.9 Å². The van der Waals surface area contributed by atoms with Crippen LogP contribution in [-0.4, -0.2) is 44.9 Å². The molecular formula is C25H25ClN4O2S2. The quantitative estimate of drug-likeness (QED) is 0.228. The van der Waals surface area contributed by atoms with Crippen molar-refractivity contribution in [2.24, 2.45) is 5.92 Å². The second kappa shape index (κ2) is 10.00. The first-order chi connectivity index (χ1) is 16.6. The number of ether oxygens (including phenoxy) is 1. The van der Waals surface area contributed by atoms with Gasteiger partial charge in [-0.2, -0.15) is 0 Å². The number of carbonyl (C=O) groups excluding carboxylic acids is 1. The summed E-state index contributed by atoms with van der Waals surface area (Å²) in [5.74, 6) is 0.622. The topological polar surface area (TPSA) is 52.3 Å². The van der Waals surface area contributed by atoms with E-state index in [0.29, 0.717) is 23.1 Å². The highest BCUT2D eigenvalue weighted by atomic mass is 35.5. The van der Waals surface area contributed by atoms with Gasteiger partial charge in [-0.05, 0) is 50.2 Å². The van der Waals surface area contributed by atoms with Crippen molar-refractivity contribution in [3.63, 3.8) is 0 Å². The number of likely N-dealkylation sites (tertiary alicyclic amines) is 1. The number of nitrogens with zero attached hydrogens (tertiary/aromatic N) is 4. The number of para-hydroxylation sites is 1. The third-order valence-electron chi connectivity index (χ3n) is 6.13. The highest BCUT2D eigenvalue weighted by molar-refractivity contribution is 7.71. The molecule has 34 heavy (non-hydrogen) atoms. The Morgan fingerprint density at radius 1 is 1.15 bits per heavy atom. The lowest BCUT2D eigenvalue weighted by molar-refractivity contribution is -0.149. The molecular weight excluding hydrogens is 488 g/mol. The number of fused-ring (bicyclic) bond motifs is 1. The third-order valence-corrected chi connectivity index (χ3v) is 8.20. The Bertz CT molecular complexity index is 1370. The molecule has 3 heterocycles. The monoisotopic (exact) mass is 512 g/mol. The summed E-state index contributed by atoms with van der Waals surface area (Å²) in [7, 11) is 0. The maximum atomic E-state index is 12.1. The summed E-state index contributed by atoms with van der Waals surface area (Å²) >= 11 is 14.4. The van der Waals surface area contributed by atoms with Gasteiger partial charge in [-0.25, -0.2) is 4.68 Å². The number of aromatic nitrogens is 3. The predicted octanol–water partition coefficient (Wildman–Crippen LogP) is 6.17. The predicted molar refractivity (Wildman–Crippen MR) is 139 cm³/mol. The van der Waals surface area contributed by atoms with E-state index in [1.165, 1.54) is 0 Å². The van der Waals surface area contributed by atoms with Gasteiger partial charge in [0, 0.05) is 23.2 Å². The van der Waals surface area contributed by atoms with Crippen molar-refractivity contribution >= 4 is 51.2 Å². The molecule has 2 aromatic carbocycles. The molecule has 0 unspecified atom stereocenters. The van der Waals surface area contributed by atoms with Crippen molar-refractivity contribution in [1.29, 1.82) is 0 Å². The summed E-state index contributed by atoms with van der Waals surface area (Å²) in [5, 5.41) is 6.67. The molecule has 0 radical (unpaired) electrons. The number of thiophene rings is 1. The largest absolute Gasteiger partial charge is 0.466 e. The van der Waals surface area contributed by atoms with Gasteiger partial charge in [0.05, 0.1) is 34.8 Å². The average molecular weight is 513 g/mol. The zero-order chi connectivity index (χ0) is 23.7. The maximum absolute atomic E-state index is 12.1. The molecule has 0 atom stereocenters. The molecule has 4 aromatic rings. The maximum Gasteiger partial charge on any atom is 0.309 e. The van der Waals surface area contributed by atoms with Crippen molar-refractivity contribution in [1.82, 2.24) is 19.2 Å². The number of piperidine rings is 1. The van der Waals surface area contributed by atoms with Crippen LogP contribution in [0.2, 0.25) is 5.02 Å². The van der Waals surface area contributed by atoms with Crippen LogP contribution < -0.4 is 0 Å².